The van der Waals surface area contributed by atoms with Gasteiger partial charge in [-0.25, -0.2) is 5.01 Å². The van der Waals surface area contributed by atoms with E-state index in [1.165, 1.54) is 18.2 Å². The fourth-order valence-corrected chi connectivity index (χ4v) is 1.70. The van der Waals surface area contributed by atoms with Crippen LogP contribution in [0.25, 0.3) is 0 Å². The molecule has 1 N–H and O–H groups in total. The predicted molar refractivity (Wildman–Crippen MR) is 63.8 cm³/mol. The predicted octanol–water partition coefficient (Wildman–Crippen LogP) is 1.13. The van der Waals surface area contributed by atoms with E-state index >= 15 is 0 Å². The lowest BCUT2D eigenvalue weighted by Gasteiger charge is -2.27. The number of morpholine rings is 1. The lowest BCUT2D eigenvalue weighted by atomic mass is 10.2. The summed E-state index contributed by atoms with van der Waals surface area (Å²) in [5.41, 5.74) is 3.64. The Labute approximate surface area is 104 Å². The number of nitrogens with zero attached hydrogens (tertiary/aromatic N) is 3. The molecule has 0 aliphatic carbocycles. The van der Waals surface area contributed by atoms with E-state index in [2.05, 4.69) is 5.43 Å². The highest BCUT2D eigenvalue weighted by atomic mass is 16.6. The molecule has 0 atom stereocenters. The highest BCUT2D eigenvalue weighted by molar-refractivity contribution is 5.63. The number of anilines is 1. The van der Waals surface area contributed by atoms with Gasteiger partial charge < -0.3 is 10.2 Å². The van der Waals surface area contributed by atoms with Crippen molar-refractivity contribution in [1.29, 1.82) is 5.26 Å². The number of nitro benzene ring substituents is 1. The number of nitrogens with one attached hydrogen (secondary N) is 1. The van der Waals surface area contributed by atoms with Crippen LogP contribution in [-0.4, -0.2) is 36.2 Å². The van der Waals surface area contributed by atoms with E-state index in [0.717, 1.165) is 0 Å². The highest BCUT2D eigenvalue weighted by Gasteiger charge is 2.18. The molecule has 1 aliphatic heterocycles. The van der Waals surface area contributed by atoms with Gasteiger partial charge in [0.2, 0.25) is 0 Å². The zero-order chi connectivity index (χ0) is 13.0. The molecule has 1 saturated heterocycles. The second-order valence-corrected chi connectivity index (χ2v) is 3.81. The van der Waals surface area contributed by atoms with Crippen molar-refractivity contribution in [2.24, 2.45) is 0 Å². The summed E-state index contributed by atoms with van der Waals surface area (Å²) < 4.78 is 5.19. The lowest BCUT2D eigenvalue weighted by molar-refractivity contribution is -0.384. The molecule has 1 fully saturated rings. The largest absolute Gasteiger partial charge is 0.379 e. The summed E-state index contributed by atoms with van der Waals surface area (Å²) in [6.07, 6.45) is 0. The average Bonchev–Trinajstić information content (AvgIpc) is 2.39. The molecule has 2 rings (SSSR count). The van der Waals surface area contributed by atoms with Gasteiger partial charge in [0.05, 0.1) is 29.8 Å². The normalized spacial score (nSPS) is 15.9. The van der Waals surface area contributed by atoms with E-state index in [-0.39, 0.29) is 5.69 Å². The number of nitriles is 1. The average molecular weight is 248 g/mol. The second kappa shape index (κ2) is 5.44. The van der Waals surface area contributed by atoms with Crippen molar-refractivity contribution in [1.82, 2.24) is 5.01 Å². The van der Waals surface area contributed by atoms with Crippen LogP contribution in [0.3, 0.4) is 0 Å². The molecule has 0 aromatic heterocycles. The summed E-state index contributed by atoms with van der Waals surface area (Å²) >= 11 is 0. The van der Waals surface area contributed by atoms with Gasteiger partial charge in [0, 0.05) is 19.2 Å². The molecule has 1 aromatic carbocycles. The standard InChI is InChI=1S/C11H12N4O3/c12-8-9-1-2-11(15(16)17)10(7-9)13-14-3-5-18-6-4-14/h1-2,7,13H,3-6H2. The maximum Gasteiger partial charge on any atom is 0.293 e. The second-order valence-electron chi connectivity index (χ2n) is 3.81. The van der Waals surface area contributed by atoms with Crippen LogP contribution in [0.4, 0.5) is 11.4 Å². The molecule has 0 radical (unpaired) electrons. The van der Waals surface area contributed by atoms with Crippen molar-refractivity contribution < 1.29 is 9.66 Å². The van der Waals surface area contributed by atoms with Crippen LogP contribution in [0.15, 0.2) is 18.2 Å². The Morgan fingerprint density at radius 2 is 2.17 bits per heavy atom. The van der Waals surface area contributed by atoms with Crippen molar-refractivity contribution in [3.63, 3.8) is 0 Å². The Bertz CT molecular complexity index is 492. The zero-order valence-electron chi connectivity index (χ0n) is 9.63. The molecule has 18 heavy (non-hydrogen) atoms. The molecule has 0 bridgehead atoms. The van der Waals surface area contributed by atoms with E-state index < -0.39 is 4.92 Å². The number of ether oxygens (including phenoxy) is 1. The summed E-state index contributed by atoms with van der Waals surface area (Å²) in [7, 11) is 0. The zero-order valence-corrected chi connectivity index (χ0v) is 9.63. The first kappa shape index (κ1) is 12.3. The highest BCUT2D eigenvalue weighted by Crippen LogP contribution is 2.25. The minimum Gasteiger partial charge on any atom is -0.379 e. The molecule has 1 heterocycles. The van der Waals surface area contributed by atoms with E-state index in [4.69, 9.17) is 10.00 Å². The van der Waals surface area contributed by atoms with Gasteiger partial charge in [-0.1, -0.05) is 0 Å². The van der Waals surface area contributed by atoms with Gasteiger partial charge in [0.25, 0.3) is 5.69 Å². The number of hydrogen-bond donors (Lipinski definition) is 1. The van der Waals surface area contributed by atoms with Crippen molar-refractivity contribution in [2.45, 2.75) is 0 Å². The third-order valence-electron chi connectivity index (χ3n) is 2.61. The van der Waals surface area contributed by atoms with Crippen LogP contribution in [-0.2, 0) is 4.74 Å². The summed E-state index contributed by atoms with van der Waals surface area (Å²) in [5.74, 6) is 0. The minimum atomic E-state index is -0.468. The molecule has 0 unspecified atom stereocenters. The Kier molecular flexibility index (Phi) is 3.72. The van der Waals surface area contributed by atoms with Gasteiger partial charge in [-0.3, -0.25) is 10.1 Å². The molecular weight excluding hydrogens is 236 g/mol. The van der Waals surface area contributed by atoms with Gasteiger partial charge in [0.1, 0.15) is 5.69 Å². The first-order chi connectivity index (χ1) is 8.70. The van der Waals surface area contributed by atoms with Gasteiger partial charge in [0.15, 0.2) is 0 Å². The molecule has 7 nitrogen and oxygen atoms in total. The van der Waals surface area contributed by atoms with Gasteiger partial charge >= 0.3 is 0 Å². The first-order valence-corrected chi connectivity index (χ1v) is 5.48. The summed E-state index contributed by atoms with van der Waals surface area (Å²) in [6.45, 7) is 2.46. The van der Waals surface area contributed by atoms with Crippen molar-refractivity contribution in [2.75, 3.05) is 31.7 Å². The molecule has 1 aromatic rings. The molecule has 1 aliphatic rings. The van der Waals surface area contributed by atoms with E-state index in [9.17, 15) is 10.1 Å². The third-order valence-corrected chi connectivity index (χ3v) is 2.61. The Balaban J connectivity index is 2.23. The molecule has 0 spiro atoms. The van der Waals surface area contributed by atoms with E-state index in [1.807, 2.05) is 11.1 Å². The Morgan fingerprint density at radius 3 is 2.78 bits per heavy atom. The Morgan fingerprint density at radius 1 is 1.44 bits per heavy atom. The maximum atomic E-state index is 10.9. The van der Waals surface area contributed by atoms with E-state index in [0.29, 0.717) is 37.6 Å². The molecule has 94 valence electrons. The maximum absolute atomic E-state index is 10.9. The molecule has 7 heteroatoms. The fourth-order valence-electron chi connectivity index (χ4n) is 1.70. The van der Waals surface area contributed by atoms with Crippen LogP contribution in [0.1, 0.15) is 5.56 Å². The fraction of sp³-hybridized carbons (Fsp3) is 0.364. The lowest BCUT2D eigenvalue weighted by Crippen LogP contribution is -2.40. The van der Waals surface area contributed by atoms with Crippen LogP contribution in [0.2, 0.25) is 0 Å². The molecule has 0 saturated carbocycles. The number of hydrazine groups is 1. The van der Waals surface area contributed by atoms with Crippen LogP contribution >= 0.6 is 0 Å². The minimum absolute atomic E-state index is 0.0412. The van der Waals surface area contributed by atoms with Crippen LogP contribution < -0.4 is 5.43 Å². The van der Waals surface area contributed by atoms with Crippen LogP contribution in [0.5, 0.6) is 0 Å². The van der Waals surface area contributed by atoms with Crippen molar-refractivity contribution >= 4 is 11.4 Å². The number of hydrogen-bond acceptors (Lipinski definition) is 6. The Hall–Kier alpha value is -2.17. The topological polar surface area (TPSA) is 91.4 Å². The van der Waals surface area contributed by atoms with E-state index in [1.54, 1.807) is 0 Å². The number of benzene rings is 1. The summed E-state index contributed by atoms with van der Waals surface area (Å²) in [6, 6.07) is 6.21. The van der Waals surface area contributed by atoms with Gasteiger partial charge in [-0.2, -0.15) is 5.26 Å². The third kappa shape index (κ3) is 2.74. The van der Waals surface area contributed by atoms with Crippen molar-refractivity contribution in [3.8, 4) is 6.07 Å². The van der Waals surface area contributed by atoms with Gasteiger partial charge in [-0.05, 0) is 12.1 Å². The quantitative estimate of drug-likeness (QED) is 0.636. The first-order valence-electron chi connectivity index (χ1n) is 5.48. The molecular formula is C11H12N4O3. The van der Waals surface area contributed by atoms with Crippen LogP contribution in [0, 0.1) is 21.4 Å². The number of nitro groups is 1. The van der Waals surface area contributed by atoms with Crippen molar-refractivity contribution in [3.05, 3.63) is 33.9 Å². The van der Waals surface area contributed by atoms with Gasteiger partial charge in [-0.15, -0.1) is 0 Å². The SMILES string of the molecule is N#Cc1ccc([N+](=O)[O-])c(NN2CCOCC2)c1. The monoisotopic (exact) mass is 248 g/mol. The molecule has 0 amide bonds. The number of rotatable bonds is 3. The summed E-state index contributed by atoms with van der Waals surface area (Å²) in [5, 5.41) is 21.6. The summed E-state index contributed by atoms with van der Waals surface area (Å²) in [4.78, 5) is 10.4. The smallest absolute Gasteiger partial charge is 0.293 e.